The van der Waals surface area contributed by atoms with Gasteiger partial charge in [0.25, 0.3) is 0 Å². The molecule has 1 fully saturated rings. The summed E-state index contributed by atoms with van der Waals surface area (Å²) in [5.41, 5.74) is -0.206. The molecule has 2 rings (SSSR count). The Morgan fingerprint density at radius 3 is 2.18 bits per heavy atom. The maximum Gasteiger partial charge on any atom is 0.417 e. The Morgan fingerprint density at radius 1 is 1.06 bits per heavy atom. The summed E-state index contributed by atoms with van der Waals surface area (Å²) in [6.07, 6.45) is -5.38. The molecule has 1 atom stereocenters. The van der Waals surface area contributed by atoms with Crippen molar-refractivity contribution < 1.29 is 32.2 Å². The normalized spacial score (nSPS) is 17.8. The number of amides is 1. The van der Waals surface area contributed by atoms with E-state index in [2.05, 4.69) is 5.43 Å². The molecule has 0 saturated carbocycles. The zero-order valence-corrected chi connectivity index (χ0v) is 19.5. The van der Waals surface area contributed by atoms with E-state index in [1.54, 1.807) is 41.5 Å². The number of rotatable bonds is 3. The van der Waals surface area contributed by atoms with Crippen molar-refractivity contribution in [3.05, 3.63) is 29.3 Å². The Kier molecular flexibility index (Phi) is 7.53. The minimum absolute atomic E-state index is 0.0461. The van der Waals surface area contributed by atoms with E-state index in [9.17, 15) is 22.8 Å². The Balaban J connectivity index is 2.26. The van der Waals surface area contributed by atoms with Crippen LogP contribution in [0.15, 0.2) is 18.2 Å². The minimum atomic E-state index is -4.70. The molecule has 1 aliphatic heterocycles. The molecule has 1 aliphatic rings. The van der Waals surface area contributed by atoms with E-state index in [1.165, 1.54) is 22.0 Å². The molecule has 8 nitrogen and oxygen atoms in total. The molecule has 0 spiro atoms. The van der Waals surface area contributed by atoms with Gasteiger partial charge in [0.05, 0.1) is 17.2 Å². The molecule has 1 heterocycles. The third kappa shape index (κ3) is 7.53. The lowest BCUT2D eigenvalue weighted by Crippen LogP contribution is -2.60. The highest BCUT2D eigenvalue weighted by Crippen LogP contribution is 2.33. The average molecular weight is 470 g/mol. The van der Waals surface area contributed by atoms with Crippen LogP contribution in [-0.4, -0.2) is 58.8 Å². The molecule has 1 unspecified atom stereocenters. The number of benzene rings is 1. The van der Waals surface area contributed by atoms with Crippen LogP contribution < -0.4 is 5.43 Å². The zero-order chi connectivity index (χ0) is 25.2. The number of nitriles is 1. The zero-order valence-electron chi connectivity index (χ0n) is 19.5. The molecular weight excluding hydrogens is 441 g/mol. The van der Waals surface area contributed by atoms with Crippen molar-refractivity contribution in [3.8, 4) is 6.07 Å². The SMILES string of the molecule is CC(C)(C)OC(=O)C1CN(Nc2ccc(C#N)c(C(F)(F)F)c2)CCN1C(=O)OC(C)(C)C. The standard InChI is InChI=1S/C22H29F3N4O4/c1-20(2,3)32-18(30)17-13-28(9-10-29(17)19(31)33-21(4,5)6)27-15-8-7-14(12-26)16(11-15)22(23,24)25/h7-8,11,17,27H,9-10,13H2,1-6H3. The van der Waals surface area contributed by atoms with Crippen molar-refractivity contribution in [1.82, 2.24) is 9.91 Å². The number of esters is 1. The minimum Gasteiger partial charge on any atom is -0.458 e. The quantitative estimate of drug-likeness (QED) is 0.663. The number of hydrazine groups is 1. The summed E-state index contributed by atoms with van der Waals surface area (Å²) in [7, 11) is 0. The van der Waals surface area contributed by atoms with Crippen molar-refractivity contribution in [2.75, 3.05) is 25.1 Å². The highest BCUT2D eigenvalue weighted by molar-refractivity contribution is 5.82. The fraction of sp³-hybridized carbons (Fsp3) is 0.591. The monoisotopic (exact) mass is 470 g/mol. The fourth-order valence-electron chi connectivity index (χ4n) is 3.12. The van der Waals surface area contributed by atoms with Crippen molar-refractivity contribution in [2.24, 2.45) is 0 Å². The first-order chi connectivity index (χ1) is 15.0. The van der Waals surface area contributed by atoms with Gasteiger partial charge in [-0.15, -0.1) is 0 Å². The number of halogens is 3. The largest absolute Gasteiger partial charge is 0.458 e. The van der Waals surface area contributed by atoms with Crippen molar-refractivity contribution >= 4 is 17.7 Å². The molecule has 0 aromatic heterocycles. The number of hydrogen-bond acceptors (Lipinski definition) is 7. The number of anilines is 1. The van der Waals surface area contributed by atoms with Crippen LogP contribution in [0, 0.1) is 11.3 Å². The van der Waals surface area contributed by atoms with Crippen molar-refractivity contribution in [1.29, 1.82) is 5.26 Å². The molecule has 0 aliphatic carbocycles. The summed E-state index contributed by atoms with van der Waals surface area (Å²) in [4.78, 5) is 26.8. The average Bonchev–Trinajstić information content (AvgIpc) is 2.64. The first-order valence-electron chi connectivity index (χ1n) is 10.4. The highest BCUT2D eigenvalue weighted by Gasteiger charge is 2.40. The lowest BCUT2D eigenvalue weighted by Gasteiger charge is -2.41. The molecular formula is C22H29F3N4O4. The van der Waals surface area contributed by atoms with Gasteiger partial charge in [0, 0.05) is 25.3 Å². The number of hydrogen-bond donors (Lipinski definition) is 1. The maximum atomic E-state index is 13.3. The van der Waals surface area contributed by atoms with Crippen LogP contribution in [0.5, 0.6) is 0 Å². The first-order valence-corrected chi connectivity index (χ1v) is 10.4. The molecule has 182 valence electrons. The second kappa shape index (κ2) is 9.47. The van der Waals surface area contributed by atoms with E-state index in [4.69, 9.17) is 14.7 Å². The smallest absolute Gasteiger partial charge is 0.417 e. The molecule has 1 aromatic carbocycles. The molecule has 1 saturated heterocycles. The van der Waals surface area contributed by atoms with Gasteiger partial charge in [0.15, 0.2) is 0 Å². The number of nitrogens with zero attached hydrogens (tertiary/aromatic N) is 3. The van der Waals surface area contributed by atoms with Gasteiger partial charge in [-0.2, -0.15) is 18.4 Å². The number of nitrogens with one attached hydrogen (secondary N) is 1. The Labute approximate surface area is 191 Å². The lowest BCUT2D eigenvalue weighted by atomic mass is 10.1. The van der Waals surface area contributed by atoms with Crippen LogP contribution in [-0.2, 0) is 20.4 Å². The van der Waals surface area contributed by atoms with Crippen LogP contribution in [0.3, 0.4) is 0 Å². The number of carbonyl (C=O) groups excluding carboxylic acids is 2. The van der Waals surface area contributed by atoms with Crippen LogP contribution >= 0.6 is 0 Å². The van der Waals surface area contributed by atoms with Crippen LogP contribution in [0.1, 0.15) is 52.7 Å². The summed E-state index contributed by atoms with van der Waals surface area (Å²) >= 11 is 0. The molecule has 1 amide bonds. The summed E-state index contributed by atoms with van der Waals surface area (Å²) in [6.45, 7) is 10.4. The Hall–Kier alpha value is -3.00. The number of alkyl halides is 3. The van der Waals surface area contributed by atoms with E-state index in [1.807, 2.05) is 0 Å². The summed E-state index contributed by atoms with van der Waals surface area (Å²) < 4.78 is 50.7. The van der Waals surface area contributed by atoms with E-state index < -0.39 is 46.6 Å². The van der Waals surface area contributed by atoms with Gasteiger partial charge >= 0.3 is 18.2 Å². The van der Waals surface area contributed by atoms with Crippen LogP contribution in [0.2, 0.25) is 0 Å². The summed E-state index contributed by atoms with van der Waals surface area (Å²) in [5, 5.41) is 10.5. The van der Waals surface area contributed by atoms with E-state index in [0.717, 1.165) is 12.1 Å². The number of carbonyl (C=O) groups is 2. The fourth-order valence-corrected chi connectivity index (χ4v) is 3.12. The van der Waals surface area contributed by atoms with Gasteiger partial charge in [-0.25, -0.2) is 14.6 Å². The summed E-state index contributed by atoms with van der Waals surface area (Å²) in [5.74, 6) is -0.657. The molecule has 33 heavy (non-hydrogen) atoms. The highest BCUT2D eigenvalue weighted by atomic mass is 19.4. The topological polar surface area (TPSA) is 94.9 Å². The first kappa shape index (κ1) is 26.3. The van der Waals surface area contributed by atoms with Gasteiger partial charge in [-0.05, 0) is 59.7 Å². The van der Waals surface area contributed by atoms with Crippen LogP contribution in [0.25, 0.3) is 0 Å². The third-order valence-corrected chi connectivity index (χ3v) is 4.42. The molecule has 0 radical (unpaired) electrons. The molecule has 1 aromatic rings. The predicted molar refractivity (Wildman–Crippen MR) is 114 cm³/mol. The van der Waals surface area contributed by atoms with E-state index in [0.29, 0.717) is 0 Å². The Bertz CT molecular complexity index is 930. The van der Waals surface area contributed by atoms with Gasteiger partial charge in [0.1, 0.15) is 17.2 Å². The molecule has 1 N–H and O–H groups in total. The summed E-state index contributed by atoms with van der Waals surface area (Å²) in [6, 6.07) is 3.75. The number of piperazine rings is 1. The van der Waals surface area contributed by atoms with E-state index in [-0.39, 0.29) is 25.3 Å². The molecule has 0 bridgehead atoms. The van der Waals surface area contributed by atoms with Crippen molar-refractivity contribution in [2.45, 2.75) is 65.0 Å². The maximum absolute atomic E-state index is 13.3. The number of ether oxygens (including phenoxy) is 2. The van der Waals surface area contributed by atoms with Crippen LogP contribution in [0.4, 0.5) is 23.7 Å². The van der Waals surface area contributed by atoms with E-state index >= 15 is 0 Å². The van der Waals surface area contributed by atoms with Gasteiger partial charge in [-0.3, -0.25) is 4.90 Å². The van der Waals surface area contributed by atoms with Gasteiger partial charge < -0.3 is 14.9 Å². The second-order valence-electron chi connectivity index (χ2n) is 9.65. The second-order valence-corrected chi connectivity index (χ2v) is 9.65. The Morgan fingerprint density at radius 2 is 1.67 bits per heavy atom. The van der Waals surface area contributed by atoms with Crippen molar-refractivity contribution in [3.63, 3.8) is 0 Å². The third-order valence-electron chi connectivity index (χ3n) is 4.42. The van der Waals surface area contributed by atoms with Gasteiger partial charge in [-0.1, -0.05) is 0 Å². The predicted octanol–water partition coefficient (Wildman–Crippen LogP) is 4.17. The van der Waals surface area contributed by atoms with Gasteiger partial charge in [0.2, 0.25) is 0 Å². The molecule has 11 heteroatoms. The lowest BCUT2D eigenvalue weighted by molar-refractivity contribution is -0.163.